The summed E-state index contributed by atoms with van der Waals surface area (Å²) in [6.45, 7) is 7.27. The van der Waals surface area contributed by atoms with Crippen molar-refractivity contribution in [2.75, 3.05) is 40.3 Å². The standard InChI is InChI=1S/C15H31N3/c1-4-18-11-5-7-14(8-12-18)16-13-15(17(2)3)9-6-10-15/h14,16H,4-13H2,1-3H3. The summed E-state index contributed by atoms with van der Waals surface area (Å²) in [5, 5.41) is 3.86. The fraction of sp³-hybridized carbons (Fsp3) is 1.00. The van der Waals surface area contributed by atoms with Gasteiger partial charge in [0.15, 0.2) is 0 Å². The van der Waals surface area contributed by atoms with Crippen LogP contribution in [0.4, 0.5) is 0 Å². The predicted molar refractivity (Wildman–Crippen MR) is 78.0 cm³/mol. The third-order valence-electron chi connectivity index (χ3n) is 5.22. The van der Waals surface area contributed by atoms with Gasteiger partial charge in [0.25, 0.3) is 0 Å². The van der Waals surface area contributed by atoms with Gasteiger partial charge >= 0.3 is 0 Å². The van der Waals surface area contributed by atoms with Crippen LogP contribution in [-0.4, -0.2) is 61.7 Å². The molecule has 18 heavy (non-hydrogen) atoms. The van der Waals surface area contributed by atoms with E-state index in [1.165, 1.54) is 64.7 Å². The van der Waals surface area contributed by atoms with E-state index in [4.69, 9.17) is 0 Å². The van der Waals surface area contributed by atoms with Crippen molar-refractivity contribution >= 4 is 0 Å². The van der Waals surface area contributed by atoms with Crippen molar-refractivity contribution in [1.29, 1.82) is 0 Å². The molecule has 3 heteroatoms. The van der Waals surface area contributed by atoms with Gasteiger partial charge < -0.3 is 15.1 Å². The molecule has 2 aliphatic rings. The van der Waals surface area contributed by atoms with Gasteiger partial charge in [-0.3, -0.25) is 0 Å². The number of likely N-dealkylation sites (N-methyl/N-ethyl adjacent to an activating group) is 1. The molecule has 0 amide bonds. The van der Waals surface area contributed by atoms with Crippen LogP contribution in [0.3, 0.4) is 0 Å². The van der Waals surface area contributed by atoms with E-state index < -0.39 is 0 Å². The maximum absolute atomic E-state index is 3.86. The molecular weight excluding hydrogens is 222 g/mol. The van der Waals surface area contributed by atoms with Gasteiger partial charge in [-0.1, -0.05) is 6.92 Å². The number of rotatable bonds is 5. The average molecular weight is 253 g/mol. The van der Waals surface area contributed by atoms with Crippen molar-refractivity contribution in [3.63, 3.8) is 0 Å². The molecule has 3 nitrogen and oxygen atoms in total. The highest BCUT2D eigenvalue weighted by atomic mass is 15.2. The Labute approximate surface area is 113 Å². The Bertz CT molecular complexity index is 248. The predicted octanol–water partition coefficient (Wildman–Crippen LogP) is 1.93. The summed E-state index contributed by atoms with van der Waals surface area (Å²) in [6.07, 6.45) is 8.22. The molecule has 0 aromatic rings. The van der Waals surface area contributed by atoms with Crippen LogP contribution < -0.4 is 5.32 Å². The minimum Gasteiger partial charge on any atom is -0.312 e. The van der Waals surface area contributed by atoms with E-state index in [0.717, 1.165) is 6.04 Å². The van der Waals surface area contributed by atoms with E-state index in [0.29, 0.717) is 5.54 Å². The highest BCUT2D eigenvalue weighted by Crippen LogP contribution is 2.35. The highest BCUT2D eigenvalue weighted by Gasteiger charge is 2.39. The molecular formula is C15H31N3. The third-order valence-corrected chi connectivity index (χ3v) is 5.22. The van der Waals surface area contributed by atoms with Crippen LogP contribution in [0.1, 0.15) is 45.4 Å². The average Bonchev–Trinajstić information content (AvgIpc) is 2.52. The molecule has 2 rings (SSSR count). The molecule has 1 aliphatic heterocycles. The van der Waals surface area contributed by atoms with Crippen molar-refractivity contribution in [2.24, 2.45) is 0 Å². The lowest BCUT2D eigenvalue weighted by Crippen LogP contribution is -2.57. The Morgan fingerprint density at radius 1 is 1.17 bits per heavy atom. The second-order valence-electron chi connectivity index (χ2n) is 6.42. The summed E-state index contributed by atoms with van der Waals surface area (Å²) in [4.78, 5) is 5.03. The van der Waals surface area contributed by atoms with Crippen molar-refractivity contribution < 1.29 is 0 Å². The maximum atomic E-state index is 3.86. The first kappa shape index (κ1) is 14.3. The second-order valence-corrected chi connectivity index (χ2v) is 6.42. The van der Waals surface area contributed by atoms with Gasteiger partial charge in [0.05, 0.1) is 0 Å². The molecule has 1 N–H and O–H groups in total. The SMILES string of the molecule is CCN1CCCC(NCC2(N(C)C)CCC2)CC1. The Morgan fingerprint density at radius 2 is 1.94 bits per heavy atom. The number of hydrogen-bond acceptors (Lipinski definition) is 3. The largest absolute Gasteiger partial charge is 0.312 e. The molecule has 0 aromatic heterocycles. The molecule has 1 atom stereocenters. The van der Waals surface area contributed by atoms with Gasteiger partial charge in [-0.15, -0.1) is 0 Å². The highest BCUT2D eigenvalue weighted by molar-refractivity contribution is 4.98. The molecule has 2 fully saturated rings. The second kappa shape index (κ2) is 6.36. The summed E-state index contributed by atoms with van der Waals surface area (Å²) in [6, 6.07) is 0.749. The van der Waals surface area contributed by atoms with Crippen LogP contribution in [0, 0.1) is 0 Å². The lowest BCUT2D eigenvalue weighted by atomic mass is 9.75. The van der Waals surface area contributed by atoms with Crippen LogP contribution in [0.25, 0.3) is 0 Å². The minimum absolute atomic E-state index is 0.469. The number of nitrogens with one attached hydrogen (secondary N) is 1. The number of nitrogens with zero attached hydrogens (tertiary/aromatic N) is 2. The van der Waals surface area contributed by atoms with Gasteiger partial charge in [-0.2, -0.15) is 0 Å². The van der Waals surface area contributed by atoms with Gasteiger partial charge in [-0.05, 0) is 72.3 Å². The first-order valence-corrected chi connectivity index (χ1v) is 7.79. The minimum atomic E-state index is 0.469. The van der Waals surface area contributed by atoms with Gasteiger partial charge in [-0.25, -0.2) is 0 Å². The maximum Gasteiger partial charge on any atom is 0.0328 e. The lowest BCUT2D eigenvalue weighted by molar-refractivity contribution is 0.0565. The molecule has 1 saturated carbocycles. The molecule has 0 aromatic carbocycles. The Kier molecular flexibility index (Phi) is 5.05. The fourth-order valence-electron chi connectivity index (χ4n) is 3.38. The van der Waals surface area contributed by atoms with E-state index in [1.54, 1.807) is 0 Å². The zero-order valence-corrected chi connectivity index (χ0v) is 12.5. The Hall–Kier alpha value is -0.120. The molecule has 1 saturated heterocycles. The first-order valence-electron chi connectivity index (χ1n) is 7.79. The molecule has 1 heterocycles. The lowest BCUT2D eigenvalue weighted by Gasteiger charge is -2.48. The van der Waals surface area contributed by atoms with E-state index in [9.17, 15) is 0 Å². The zero-order valence-electron chi connectivity index (χ0n) is 12.5. The quantitative estimate of drug-likeness (QED) is 0.808. The topological polar surface area (TPSA) is 18.5 Å². The van der Waals surface area contributed by atoms with E-state index >= 15 is 0 Å². The van der Waals surface area contributed by atoms with Crippen LogP contribution >= 0.6 is 0 Å². The van der Waals surface area contributed by atoms with Gasteiger partial charge in [0.1, 0.15) is 0 Å². The number of likely N-dealkylation sites (tertiary alicyclic amines) is 1. The van der Waals surface area contributed by atoms with Crippen LogP contribution in [0.15, 0.2) is 0 Å². The molecule has 0 spiro atoms. The molecule has 1 aliphatic carbocycles. The van der Waals surface area contributed by atoms with Crippen molar-refractivity contribution in [3.05, 3.63) is 0 Å². The summed E-state index contributed by atoms with van der Waals surface area (Å²) >= 11 is 0. The van der Waals surface area contributed by atoms with Gasteiger partial charge in [0.2, 0.25) is 0 Å². The Balaban J connectivity index is 1.76. The summed E-state index contributed by atoms with van der Waals surface area (Å²) < 4.78 is 0. The third kappa shape index (κ3) is 3.25. The van der Waals surface area contributed by atoms with E-state index in [2.05, 4.69) is 36.1 Å². The van der Waals surface area contributed by atoms with Crippen LogP contribution in [0.5, 0.6) is 0 Å². The van der Waals surface area contributed by atoms with Crippen LogP contribution in [-0.2, 0) is 0 Å². The zero-order chi connectivity index (χ0) is 13.0. The monoisotopic (exact) mass is 253 g/mol. The summed E-state index contributed by atoms with van der Waals surface area (Å²) in [7, 11) is 4.49. The van der Waals surface area contributed by atoms with Gasteiger partial charge in [0, 0.05) is 18.1 Å². The Morgan fingerprint density at radius 3 is 2.50 bits per heavy atom. The smallest absolute Gasteiger partial charge is 0.0328 e. The van der Waals surface area contributed by atoms with E-state index in [1.807, 2.05) is 0 Å². The first-order chi connectivity index (χ1) is 8.66. The van der Waals surface area contributed by atoms with E-state index in [-0.39, 0.29) is 0 Å². The molecule has 0 radical (unpaired) electrons. The number of hydrogen-bond donors (Lipinski definition) is 1. The summed E-state index contributed by atoms with van der Waals surface area (Å²) in [5.41, 5.74) is 0.469. The van der Waals surface area contributed by atoms with Crippen molar-refractivity contribution in [1.82, 2.24) is 15.1 Å². The summed E-state index contributed by atoms with van der Waals surface area (Å²) in [5.74, 6) is 0. The molecule has 0 bridgehead atoms. The van der Waals surface area contributed by atoms with Crippen molar-refractivity contribution in [2.45, 2.75) is 57.0 Å². The van der Waals surface area contributed by atoms with Crippen LogP contribution in [0.2, 0.25) is 0 Å². The molecule has 106 valence electrons. The van der Waals surface area contributed by atoms with Crippen molar-refractivity contribution in [3.8, 4) is 0 Å². The molecule has 1 unspecified atom stereocenters. The normalized spacial score (nSPS) is 29.0. The fourth-order valence-corrected chi connectivity index (χ4v) is 3.38.